The van der Waals surface area contributed by atoms with Crippen molar-refractivity contribution < 1.29 is 22.9 Å². The number of sulfonamides is 1. The molecule has 0 saturated carbocycles. The lowest BCUT2D eigenvalue weighted by Gasteiger charge is -2.12. The van der Waals surface area contributed by atoms with Crippen molar-refractivity contribution >= 4 is 33.2 Å². The minimum atomic E-state index is -3.72. The van der Waals surface area contributed by atoms with Crippen LogP contribution in [0.3, 0.4) is 0 Å². The maximum Gasteiger partial charge on any atom is 0.282 e. The molecule has 6 nitrogen and oxygen atoms in total. The Morgan fingerprint density at radius 3 is 2.48 bits per heavy atom. The molecule has 0 aliphatic carbocycles. The lowest BCUT2D eigenvalue weighted by molar-refractivity contribution is -0.688. The van der Waals surface area contributed by atoms with Crippen LogP contribution in [0.1, 0.15) is 12.5 Å². The van der Waals surface area contributed by atoms with Gasteiger partial charge in [-0.15, -0.1) is 0 Å². The second-order valence-corrected chi connectivity index (χ2v) is 7.50. The SMILES string of the molecule is C[C@H]([NH2+]Cc1ccc(S(N)(=O)=O)cc1)C(=O)Nc1ccc(F)cc1Cl. The second kappa shape index (κ2) is 7.92. The average Bonchev–Trinajstić information content (AvgIpc) is 2.54. The third-order valence-corrected chi connectivity index (χ3v) is 4.80. The van der Waals surface area contributed by atoms with Crippen LogP contribution in [0.25, 0.3) is 0 Å². The van der Waals surface area contributed by atoms with Gasteiger partial charge in [0, 0.05) is 5.56 Å². The van der Waals surface area contributed by atoms with Crippen LogP contribution in [0, 0.1) is 5.82 Å². The third-order valence-electron chi connectivity index (χ3n) is 3.56. The van der Waals surface area contributed by atoms with Crippen LogP contribution in [-0.2, 0) is 21.4 Å². The van der Waals surface area contributed by atoms with Gasteiger partial charge in [-0.25, -0.2) is 17.9 Å². The first-order valence-electron chi connectivity index (χ1n) is 7.38. The number of hydrogen-bond donors (Lipinski definition) is 3. The molecule has 0 heterocycles. The summed E-state index contributed by atoms with van der Waals surface area (Å²) >= 11 is 5.88. The molecule has 0 radical (unpaired) electrons. The highest BCUT2D eigenvalue weighted by Crippen LogP contribution is 2.22. The summed E-state index contributed by atoms with van der Waals surface area (Å²) in [6, 6.07) is 9.41. The van der Waals surface area contributed by atoms with Gasteiger partial charge in [0.2, 0.25) is 10.0 Å². The highest BCUT2D eigenvalue weighted by Gasteiger charge is 2.17. The lowest BCUT2D eigenvalue weighted by Crippen LogP contribution is -2.90. The first-order chi connectivity index (χ1) is 11.7. The van der Waals surface area contributed by atoms with Crippen LogP contribution in [0.2, 0.25) is 5.02 Å². The van der Waals surface area contributed by atoms with E-state index in [4.69, 9.17) is 16.7 Å². The zero-order valence-electron chi connectivity index (χ0n) is 13.4. The van der Waals surface area contributed by atoms with E-state index >= 15 is 0 Å². The van der Waals surface area contributed by atoms with Crippen molar-refractivity contribution in [3.63, 3.8) is 0 Å². The fourth-order valence-corrected chi connectivity index (χ4v) is 2.80. The van der Waals surface area contributed by atoms with Crippen LogP contribution in [0.4, 0.5) is 10.1 Å². The number of anilines is 1. The Bertz CT molecular complexity index is 873. The Kier molecular flexibility index (Phi) is 6.12. The Hall–Kier alpha value is -2.00. The molecule has 25 heavy (non-hydrogen) atoms. The molecule has 0 aliphatic rings. The number of quaternary nitrogens is 1. The maximum absolute atomic E-state index is 13.0. The summed E-state index contributed by atoms with van der Waals surface area (Å²) < 4.78 is 35.4. The molecular weight excluding hydrogens is 369 g/mol. The Labute approximate surface area is 150 Å². The fourth-order valence-electron chi connectivity index (χ4n) is 2.07. The second-order valence-electron chi connectivity index (χ2n) is 5.53. The summed E-state index contributed by atoms with van der Waals surface area (Å²) in [5.74, 6) is -0.764. The molecule has 0 bridgehead atoms. The molecule has 0 spiro atoms. The molecule has 2 rings (SSSR count). The highest BCUT2D eigenvalue weighted by atomic mass is 35.5. The molecule has 0 saturated heterocycles. The van der Waals surface area contributed by atoms with Crippen molar-refractivity contribution in [3.8, 4) is 0 Å². The summed E-state index contributed by atoms with van der Waals surface area (Å²) in [7, 11) is -3.72. The van der Waals surface area contributed by atoms with E-state index < -0.39 is 21.9 Å². The van der Waals surface area contributed by atoms with Crippen molar-refractivity contribution in [2.45, 2.75) is 24.4 Å². The highest BCUT2D eigenvalue weighted by molar-refractivity contribution is 7.89. The number of nitrogens with two attached hydrogens (primary N) is 2. The predicted molar refractivity (Wildman–Crippen MR) is 92.9 cm³/mol. The summed E-state index contributed by atoms with van der Waals surface area (Å²) in [5, 5.41) is 9.58. The van der Waals surface area contributed by atoms with Gasteiger partial charge < -0.3 is 10.6 Å². The molecule has 9 heteroatoms. The van der Waals surface area contributed by atoms with Gasteiger partial charge in [0.15, 0.2) is 6.04 Å². The van der Waals surface area contributed by atoms with E-state index in [9.17, 15) is 17.6 Å². The predicted octanol–water partition coefficient (Wildman–Crippen LogP) is 1.22. The first kappa shape index (κ1) is 19.3. The molecule has 5 N–H and O–H groups in total. The van der Waals surface area contributed by atoms with Crippen LogP contribution >= 0.6 is 11.6 Å². The van der Waals surface area contributed by atoms with Crippen LogP contribution in [0.5, 0.6) is 0 Å². The van der Waals surface area contributed by atoms with Crippen molar-refractivity contribution in [2.75, 3.05) is 5.32 Å². The Morgan fingerprint density at radius 2 is 1.92 bits per heavy atom. The maximum atomic E-state index is 13.0. The molecule has 1 amide bonds. The molecular formula is C16H18ClFN3O3S+. The molecule has 1 atom stereocenters. The number of nitrogens with one attached hydrogen (secondary N) is 1. The summed E-state index contributed by atoms with van der Waals surface area (Å²) in [6.45, 7) is 2.18. The van der Waals surface area contributed by atoms with Gasteiger partial charge in [-0.3, -0.25) is 4.79 Å². The minimum absolute atomic E-state index is 0.0352. The van der Waals surface area contributed by atoms with Gasteiger partial charge in [0.1, 0.15) is 12.4 Å². The molecule has 0 fully saturated rings. The van der Waals surface area contributed by atoms with Gasteiger partial charge in [-0.2, -0.15) is 0 Å². The van der Waals surface area contributed by atoms with E-state index in [2.05, 4.69) is 5.32 Å². The summed E-state index contributed by atoms with van der Waals surface area (Å²) in [6.07, 6.45) is 0. The van der Waals surface area contributed by atoms with E-state index in [0.29, 0.717) is 12.2 Å². The number of halogens is 2. The number of primary sulfonamides is 1. The van der Waals surface area contributed by atoms with Gasteiger partial charge in [0.25, 0.3) is 5.91 Å². The zero-order valence-corrected chi connectivity index (χ0v) is 14.9. The number of hydrogen-bond acceptors (Lipinski definition) is 3. The zero-order chi connectivity index (χ0) is 18.6. The normalized spacial score (nSPS) is 12.6. The van der Waals surface area contributed by atoms with E-state index in [1.165, 1.54) is 24.3 Å². The largest absolute Gasteiger partial charge is 0.333 e. The minimum Gasteiger partial charge on any atom is -0.333 e. The number of amides is 1. The quantitative estimate of drug-likeness (QED) is 0.694. The van der Waals surface area contributed by atoms with Gasteiger partial charge in [-0.1, -0.05) is 23.7 Å². The number of rotatable bonds is 6. The van der Waals surface area contributed by atoms with Gasteiger partial charge in [-0.05, 0) is 37.3 Å². The average molecular weight is 387 g/mol. The van der Waals surface area contributed by atoms with Crippen LogP contribution in [-0.4, -0.2) is 20.4 Å². The molecule has 0 aliphatic heterocycles. The van der Waals surface area contributed by atoms with Gasteiger partial charge >= 0.3 is 0 Å². The summed E-state index contributed by atoms with van der Waals surface area (Å²) in [4.78, 5) is 12.2. The fraction of sp³-hybridized carbons (Fsp3) is 0.188. The van der Waals surface area contributed by atoms with Crippen molar-refractivity contribution in [2.24, 2.45) is 5.14 Å². The molecule has 2 aromatic carbocycles. The van der Waals surface area contributed by atoms with E-state index in [1.54, 1.807) is 24.4 Å². The van der Waals surface area contributed by atoms with Crippen LogP contribution in [0.15, 0.2) is 47.4 Å². The van der Waals surface area contributed by atoms with E-state index in [1.807, 2.05) is 0 Å². The monoisotopic (exact) mass is 386 g/mol. The smallest absolute Gasteiger partial charge is 0.282 e. The van der Waals surface area contributed by atoms with Crippen LogP contribution < -0.4 is 15.8 Å². The van der Waals surface area contributed by atoms with Crippen molar-refractivity contribution in [1.29, 1.82) is 0 Å². The molecule has 0 aromatic heterocycles. The molecule has 134 valence electrons. The third kappa shape index (κ3) is 5.50. The topological polar surface area (TPSA) is 106 Å². The molecule has 2 aromatic rings. The van der Waals surface area contributed by atoms with Crippen molar-refractivity contribution in [1.82, 2.24) is 0 Å². The Balaban J connectivity index is 1.93. The van der Waals surface area contributed by atoms with E-state index in [-0.39, 0.29) is 15.8 Å². The number of benzene rings is 2. The van der Waals surface area contributed by atoms with Gasteiger partial charge in [0.05, 0.1) is 15.6 Å². The van der Waals surface area contributed by atoms with E-state index in [0.717, 1.165) is 11.6 Å². The lowest BCUT2D eigenvalue weighted by atomic mass is 10.2. The first-order valence-corrected chi connectivity index (χ1v) is 9.30. The molecule has 0 unspecified atom stereocenters. The Morgan fingerprint density at radius 1 is 1.28 bits per heavy atom. The standard InChI is InChI=1S/C16H17ClFN3O3S/c1-10(16(22)21-15-7-4-12(18)8-14(15)17)20-9-11-2-5-13(6-3-11)25(19,23)24/h2-8,10,20H,9H2,1H3,(H,21,22)(H2,19,23,24)/p+1/t10-/m0/s1. The summed E-state index contributed by atoms with van der Waals surface area (Å²) in [5.41, 5.74) is 1.18. The van der Waals surface area contributed by atoms with Crippen molar-refractivity contribution in [3.05, 3.63) is 58.9 Å². The number of carbonyl (C=O) groups is 1. The number of carbonyl (C=O) groups excluding carboxylic acids is 1.